The lowest BCUT2D eigenvalue weighted by atomic mass is 9.91. The first-order valence-electron chi connectivity index (χ1n) is 16.9. The van der Waals surface area contributed by atoms with Gasteiger partial charge in [-0.05, 0) is 92.3 Å². The molecule has 0 radical (unpaired) electrons. The minimum atomic E-state index is -2.76. The molecule has 8 rings (SSSR count). The summed E-state index contributed by atoms with van der Waals surface area (Å²) in [6.45, 7) is 4.55. The SMILES string of the molecule is Cc1ccc2cc(C#CC3=C(c4ccccc4)C(c4ccccc4)=C(C#Cc4ccc5cc(O)ccc5c4)[Si]3(C)c3ccccc3)ccc2c1. The quantitative estimate of drug-likeness (QED) is 0.149. The predicted molar refractivity (Wildman–Crippen MR) is 212 cm³/mol. The van der Waals surface area contributed by atoms with Crippen LogP contribution in [-0.2, 0) is 0 Å². The Balaban J connectivity index is 1.40. The number of allylic oxidation sites excluding steroid dienone is 4. The van der Waals surface area contributed by atoms with E-state index >= 15 is 0 Å². The minimum Gasteiger partial charge on any atom is -0.508 e. The lowest BCUT2D eigenvalue weighted by molar-refractivity contribution is 0.476. The molecule has 1 atom stereocenters. The van der Waals surface area contributed by atoms with Gasteiger partial charge in [0.2, 0.25) is 0 Å². The van der Waals surface area contributed by atoms with Crippen LogP contribution in [0.3, 0.4) is 0 Å². The Bertz CT molecular complexity index is 2450. The van der Waals surface area contributed by atoms with Crippen LogP contribution >= 0.6 is 0 Å². The lowest BCUT2D eigenvalue weighted by Gasteiger charge is -2.25. The molecule has 0 bridgehead atoms. The fourth-order valence-corrected chi connectivity index (χ4v) is 11.0. The first-order valence-corrected chi connectivity index (χ1v) is 19.4. The van der Waals surface area contributed by atoms with Gasteiger partial charge in [-0.1, -0.05) is 163 Å². The maximum atomic E-state index is 10.0. The predicted octanol–water partition coefficient (Wildman–Crippen LogP) is 10.4. The number of rotatable bonds is 3. The molecule has 0 aromatic heterocycles. The van der Waals surface area contributed by atoms with Gasteiger partial charge in [-0.2, -0.15) is 0 Å². The monoisotopic (exact) mass is 654 g/mol. The van der Waals surface area contributed by atoms with Gasteiger partial charge in [-0.3, -0.25) is 0 Å². The number of aryl methyl sites for hydroxylation is 1. The third-order valence-corrected chi connectivity index (χ3v) is 13.9. The summed E-state index contributed by atoms with van der Waals surface area (Å²) in [6.07, 6.45) is 0. The van der Waals surface area contributed by atoms with Crippen LogP contribution in [0.2, 0.25) is 6.55 Å². The number of hydrogen-bond acceptors (Lipinski definition) is 1. The van der Waals surface area contributed by atoms with Gasteiger partial charge in [0.25, 0.3) is 0 Å². The van der Waals surface area contributed by atoms with Crippen molar-refractivity contribution in [3.8, 4) is 29.4 Å². The summed E-state index contributed by atoms with van der Waals surface area (Å²) in [4.78, 5) is 0. The number of fused-ring (bicyclic) bond motifs is 2. The van der Waals surface area contributed by atoms with Gasteiger partial charge in [-0.25, -0.2) is 0 Å². The standard InChI is InChI=1S/C48H34OSi/c1-34-18-23-40-31-35(19-24-39(40)30-34)21-28-45-47(37-12-6-3-7-13-37)48(38-14-8-4-9-15-38)46(50(45,2)44-16-10-5-11-17-44)29-22-36-20-25-42-33-43(49)27-26-41(42)32-36/h3-20,23-27,30-33,49H,1-2H3. The Morgan fingerprint density at radius 1 is 0.440 bits per heavy atom. The van der Waals surface area contributed by atoms with Gasteiger partial charge in [0, 0.05) is 21.5 Å². The molecule has 0 fully saturated rings. The number of phenols is 1. The Labute approximate surface area is 294 Å². The van der Waals surface area contributed by atoms with Crippen LogP contribution in [0.15, 0.2) is 174 Å². The average molecular weight is 655 g/mol. The molecule has 7 aromatic rings. The first-order chi connectivity index (χ1) is 24.5. The van der Waals surface area contributed by atoms with E-state index in [9.17, 15) is 5.11 Å². The zero-order valence-electron chi connectivity index (χ0n) is 28.0. The minimum absolute atomic E-state index is 0.261. The summed E-state index contributed by atoms with van der Waals surface area (Å²) in [5, 5.41) is 18.0. The lowest BCUT2D eigenvalue weighted by Crippen LogP contribution is -2.47. The third-order valence-electron chi connectivity index (χ3n) is 9.71. The Morgan fingerprint density at radius 2 is 0.880 bits per heavy atom. The van der Waals surface area contributed by atoms with E-state index in [-0.39, 0.29) is 5.75 Å². The summed E-state index contributed by atoms with van der Waals surface area (Å²) < 4.78 is 0. The van der Waals surface area contributed by atoms with Crippen LogP contribution in [-0.4, -0.2) is 13.2 Å². The van der Waals surface area contributed by atoms with Crippen molar-refractivity contribution < 1.29 is 5.11 Å². The van der Waals surface area contributed by atoms with E-state index in [0.29, 0.717) is 0 Å². The average Bonchev–Trinajstić information content (AvgIpc) is 3.42. The molecule has 1 N–H and O–H groups in total. The van der Waals surface area contributed by atoms with E-state index in [0.717, 1.165) is 54.6 Å². The largest absolute Gasteiger partial charge is 0.508 e. The molecular weight excluding hydrogens is 621 g/mol. The van der Waals surface area contributed by atoms with Crippen LogP contribution in [0.25, 0.3) is 32.7 Å². The second kappa shape index (κ2) is 12.9. The molecule has 0 spiro atoms. The highest BCUT2D eigenvalue weighted by Crippen LogP contribution is 2.48. The molecule has 236 valence electrons. The van der Waals surface area contributed by atoms with Gasteiger partial charge in [-0.15, -0.1) is 0 Å². The van der Waals surface area contributed by atoms with Crippen molar-refractivity contribution in [3.05, 3.63) is 202 Å². The summed E-state index contributed by atoms with van der Waals surface area (Å²) >= 11 is 0. The highest BCUT2D eigenvalue weighted by molar-refractivity contribution is 7.06. The first kappa shape index (κ1) is 31.0. The maximum Gasteiger partial charge on any atom is 0.167 e. The van der Waals surface area contributed by atoms with Gasteiger partial charge in [0.1, 0.15) is 5.75 Å². The summed E-state index contributed by atoms with van der Waals surface area (Å²) in [6, 6.07) is 57.0. The van der Waals surface area contributed by atoms with Crippen LogP contribution in [0.1, 0.15) is 27.8 Å². The smallest absolute Gasteiger partial charge is 0.167 e. The highest BCUT2D eigenvalue weighted by Gasteiger charge is 2.46. The summed E-state index contributed by atoms with van der Waals surface area (Å²) in [5.41, 5.74) is 7.77. The molecule has 1 aliphatic rings. The van der Waals surface area contributed by atoms with E-state index in [1.54, 1.807) is 12.1 Å². The molecule has 2 heteroatoms. The Kier molecular flexibility index (Phi) is 8.02. The van der Waals surface area contributed by atoms with E-state index in [1.807, 2.05) is 18.2 Å². The second-order valence-electron chi connectivity index (χ2n) is 13.0. The molecule has 7 aromatic carbocycles. The fraction of sp³-hybridized carbons (Fsp3) is 0.0417. The van der Waals surface area contributed by atoms with Gasteiger partial charge in [0.05, 0.1) is 0 Å². The third kappa shape index (κ3) is 5.73. The van der Waals surface area contributed by atoms with Crippen molar-refractivity contribution in [1.29, 1.82) is 0 Å². The fourth-order valence-electron chi connectivity index (χ4n) is 7.12. The van der Waals surface area contributed by atoms with Crippen molar-refractivity contribution in [2.45, 2.75) is 13.5 Å². The molecule has 1 unspecified atom stereocenters. The Hall–Kier alpha value is -6.32. The molecule has 0 aliphatic carbocycles. The second-order valence-corrected chi connectivity index (χ2v) is 16.9. The maximum absolute atomic E-state index is 10.0. The number of phenolic OH excluding ortho intramolecular Hbond substituents is 1. The van der Waals surface area contributed by atoms with Gasteiger partial charge < -0.3 is 5.11 Å². The van der Waals surface area contributed by atoms with Crippen LogP contribution in [0.4, 0.5) is 0 Å². The van der Waals surface area contributed by atoms with Crippen molar-refractivity contribution in [2.75, 3.05) is 0 Å². The van der Waals surface area contributed by atoms with Gasteiger partial charge >= 0.3 is 0 Å². The van der Waals surface area contributed by atoms with Crippen LogP contribution in [0.5, 0.6) is 5.75 Å². The van der Waals surface area contributed by atoms with Gasteiger partial charge in [0.15, 0.2) is 8.07 Å². The van der Waals surface area contributed by atoms with E-state index in [4.69, 9.17) is 0 Å². The topological polar surface area (TPSA) is 20.2 Å². The normalized spacial score (nSPS) is 15.5. The van der Waals surface area contributed by atoms with Crippen molar-refractivity contribution in [2.24, 2.45) is 0 Å². The summed E-state index contributed by atoms with van der Waals surface area (Å²) in [7, 11) is -2.76. The zero-order chi connectivity index (χ0) is 34.1. The molecule has 0 saturated carbocycles. The molecule has 1 heterocycles. The van der Waals surface area contributed by atoms with E-state index in [1.165, 1.54) is 21.5 Å². The molecule has 50 heavy (non-hydrogen) atoms. The van der Waals surface area contributed by atoms with Crippen molar-refractivity contribution >= 4 is 46.0 Å². The zero-order valence-corrected chi connectivity index (χ0v) is 29.0. The van der Waals surface area contributed by atoms with E-state index < -0.39 is 8.07 Å². The number of hydrogen-bond donors (Lipinski definition) is 1. The molecular formula is C48H34OSi. The molecule has 0 saturated heterocycles. The molecule has 1 nitrogen and oxygen atoms in total. The van der Waals surface area contributed by atoms with Crippen molar-refractivity contribution in [3.63, 3.8) is 0 Å². The molecule has 0 amide bonds. The Morgan fingerprint density at radius 3 is 1.42 bits per heavy atom. The van der Waals surface area contributed by atoms with E-state index in [2.05, 4.69) is 171 Å². The van der Waals surface area contributed by atoms with Crippen LogP contribution < -0.4 is 5.19 Å². The summed E-state index contributed by atoms with van der Waals surface area (Å²) in [5.74, 6) is 15.1. The van der Waals surface area contributed by atoms with Crippen molar-refractivity contribution in [1.82, 2.24) is 0 Å². The van der Waals surface area contributed by atoms with Crippen LogP contribution in [0, 0.1) is 30.6 Å². The number of benzene rings is 7. The molecule has 1 aliphatic heterocycles. The number of aromatic hydroxyl groups is 1. The highest BCUT2D eigenvalue weighted by atomic mass is 28.3.